The lowest BCUT2D eigenvalue weighted by atomic mass is 9.96. The maximum Gasteiger partial charge on any atom is 0.139 e. The van der Waals surface area contributed by atoms with Crippen molar-refractivity contribution >= 4 is 18.1 Å². The van der Waals surface area contributed by atoms with E-state index in [0.29, 0.717) is 17.2 Å². The summed E-state index contributed by atoms with van der Waals surface area (Å²) < 4.78 is 2.03. The third-order valence-electron chi connectivity index (χ3n) is 5.63. The Hall–Kier alpha value is -2.96. The minimum Gasteiger partial charge on any atom is -0.507 e. The van der Waals surface area contributed by atoms with Crippen LogP contribution in [0.15, 0.2) is 48.8 Å². The molecule has 1 aliphatic rings. The Morgan fingerprint density at radius 3 is 2.43 bits per heavy atom. The zero-order chi connectivity index (χ0) is 20.1. The van der Waals surface area contributed by atoms with Gasteiger partial charge in [-0.15, -0.1) is 12.4 Å². The van der Waals surface area contributed by atoms with E-state index in [0.717, 1.165) is 46.8 Å². The van der Waals surface area contributed by atoms with Gasteiger partial charge >= 0.3 is 0 Å². The molecule has 0 spiro atoms. The van der Waals surface area contributed by atoms with Gasteiger partial charge in [-0.1, -0.05) is 6.07 Å². The van der Waals surface area contributed by atoms with E-state index in [1.165, 1.54) is 0 Å². The molecule has 3 aromatic heterocycles. The Morgan fingerprint density at radius 2 is 1.77 bits per heavy atom. The number of phenolic OH excluding ortho intramolecular Hbond substituents is 1. The van der Waals surface area contributed by atoms with E-state index in [4.69, 9.17) is 0 Å². The average molecular weight is 422 g/mol. The van der Waals surface area contributed by atoms with Gasteiger partial charge in [0.25, 0.3) is 0 Å². The molecule has 30 heavy (non-hydrogen) atoms. The number of nitrogens with zero attached hydrogens (tertiary/aromatic N) is 5. The lowest BCUT2D eigenvalue weighted by Gasteiger charge is -2.35. The molecule has 1 fully saturated rings. The third-order valence-corrected chi connectivity index (χ3v) is 5.63. The number of hydrogen-bond donors (Lipinski definition) is 1. The highest BCUT2D eigenvalue weighted by Crippen LogP contribution is 2.33. The fourth-order valence-corrected chi connectivity index (χ4v) is 4.07. The summed E-state index contributed by atoms with van der Waals surface area (Å²) in [6.07, 6.45) is 4.05. The SMILES string of the molecule is Cc1cn2cc(-c3ccc(-c4ccc(C5CN(C)C5)nn4)c(O)c3)cc(C)c2n1.Cl. The summed E-state index contributed by atoms with van der Waals surface area (Å²) in [4.78, 5) is 6.81. The monoisotopic (exact) mass is 421 g/mol. The molecule has 0 unspecified atom stereocenters. The number of aromatic hydroxyl groups is 1. The quantitative estimate of drug-likeness (QED) is 0.536. The second-order valence-electron chi connectivity index (χ2n) is 8.02. The lowest BCUT2D eigenvalue weighted by molar-refractivity contribution is 0.186. The van der Waals surface area contributed by atoms with Crippen LogP contribution in [0.1, 0.15) is 22.9 Å². The second kappa shape index (κ2) is 7.70. The highest BCUT2D eigenvalue weighted by molar-refractivity contribution is 5.85. The fourth-order valence-electron chi connectivity index (χ4n) is 4.07. The molecule has 0 amide bonds. The van der Waals surface area contributed by atoms with E-state index in [-0.39, 0.29) is 18.2 Å². The van der Waals surface area contributed by atoms with Crippen molar-refractivity contribution in [3.63, 3.8) is 0 Å². The molecule has 1 N–H and O–H groups in total. The Bertz CT molecular complexity index is 1210. The number of phenols is 1. The number of likely N-dealkylation sites (N-methyl/N-ethyl adjacent to an activating group) is 1. The molecule has 1 saturated heterocycles. The van der Waals surface area contributed by atoms with Crippen LogP contribution in [0.2, 0.25) is 0 Å². The van der Waals surface area contributed by atoms with Gasteiger partial charge in [0.1, 0.15) is 11.4 Å². The van der Waals surface area contributed by atoms with Crippen molar-refractivity contribution < 1.29 is 5.11 Å². The molecule has 0 saturated carbocycles. The molecule has 0 bridgehead atoms. The lowest BCUT2D eigenvalue weighted by Crippen LogP contribution is -2.42. The van der Waals surface area contributed by atoms with Crippen LogP contribution in [0.4, 0.5) is 0 Å². The number of benzene rings is 1. The first-order valence-electron chi connectivity index (χ1n) is 9.80. The van der Waals surface area contributed by atoms with Crippen LogP contribution in [0.5, 0.6) is 5.75 Å². The number of aryl methyl sites for hydroxylation is 2. The number of imidazole rings is 1. The van der Waals surface area contributed by atoms with Crippen molar-refractivity contribution in [3.8, 4) is 28.1 Å². The number of halogens is 1. The largest absolute Gasteiger partial charge is 0.507 e. The number of fused-ring (bicyclic) bond motifs is 1. The number of likely N-dealkylation sites (tertiary alicyclic amines) is 1. The summed E-state index contributed by atoms with van der Waals surface area (Å²) in [7, 11) is 2.10. The maximum atomic E-state index is 10.7. The number of aromatic nitrogens is 4. The summed E-state index contributed by atoms with van der Waals surface area (Å²) in [6.45, 7) is 6.08. The minimum atomic E-state index is 0. The molecule has 4 aromatic rings. The van der Waals surface area contributed by atoms with Gasteiger partial charge in [-0.25, -0.2) is 4.98 Å². The molecular formula is C23H24ClN5O. The highest BCUT2D eigenvalue weighted by Gasteiger charge is 2.26. The molecule has 0 aliphatic carbocycles. The van der Waals surface area contributed by atoms with E-state index in [2.05, 4.69) is 40.1 Å². The molecule has 4 heterocycles. The smallest absolute Gasteiger partial charge is 0.139 e. The molecule has 6 nitrogen and oxygen atoms in total. The summed E-state index contributed by atoms with van der Waals surface area (Å²) in [5.74, 6) is 0.662. The first-order chi connectivity index (χ1) is 14.0. The zero-order valence-corrected chi connectivity index (χ0v) is 18.0. The first-order valence-corrected chi connectivity index (χ1v) is 9.80. The normalized spacial score (nSPS) is 14.5. The van der Waals surface area contributed by atoms with Crippen LogP contribution in [0.25, 0.3) is 28.0 Å². The Balaban J connectivity index is 0.00000218. The highest BCUT2D eigenvalue weighted by atomic mass is 35.5. The second-order valence-corrected chi connectivity index (χ2v) is 8.02. The molecule has 7 heteroatoms. The molecule has 0 atom stereocenters. The topological polar surface area (TPSA) is 66.5 Å². The van der Waals surface area contributed by atoms with Crippen molar-refractivity contribution in [3.05, 3.63) is 65.7 Å². The van der Waals surface area contributed by atoms with E-state index in [1.54, 1.807) is 6.07 Å². The van der Waals surface area contributed by atoms with Crippen LogP contribution in [-0.4, -0.2) is 49.7 Å². The molecular weight excluding hydrogens is 398 g/mol. The van der Waals surface area contributed by atoms with Gasteiger partial charge in [-0.2, -0.15) is 10.2 Å². The van der Waals surface area contributed by atoms with Gasteiger partial charge in [0, 0.05) is 37.0 Å². The molecule has 5 rings (SSSR count). The fraction of sp³-hybridized carbons (Fsp3) is 0.261. The van der Waals surface area contributed by atoms with Gasteiger partial charge in [0.2, 0.25) is 0 Å². The predicted octanol–water partition coefficient (Wildman–Crippen LogP) is 4.23. The van der Waals surface area contributed by atoms with Crippen LogP contribution < -0.4 is 0 Å². The van der Waals surface area contributed by atoms with Crippen molar-refractivity contribution in [1.29, 1.82) is 0 Å². The molecule has 1 aliphatic heterocycles. The predicted molar refractivity (Wildman–Crippen MR) is 120 cm³/mol. The van der Waals surface area contributed by atoms with Crippen molar-refractivity contribution in [2.75, 3.05) is 20.1 Å². The van der Waals surface area contributed by atoms with Crippen molar-refractivity contribution in [2.24, 2.45) is 0 Å². The zero-order valence-electron chi connectivity index (χ0n) is 17.2. The number of pyridine rings is 1. The summed E-state index contributed by atoms with van der Waals surface area (Å²) in [5, 5.41) is 19.4. The summed E-state index contributed by atoms with van der Waals surface area (Å²) in [5.41, 5.74) is 7.41. The third kappa shape index (κ3) is 3.53. The summed E-state index contributed by atoms with van der Waals surface area (Å²) in [6, 6.07) is 11.8. The molecule has 0 radical (unpaired) electrons. The Kier molecular flexibility index (Phi) is 5.22. The number of rotatable bonds is 3. The van der Waals surface area contributed by atoms with E-state index in [9.17, 15) is 5.11 Å². The molecule has 1 aromatic carbocycles. The Morgan fingerprint density at radius 1 is 0.967 bits per heavy atom. The van der Waals surface area contributed by atoms with Crippen LogP contribution in [0, 0.1) is 13.8 Å². The van der Waals surface area contributed by atoms with Crippen LogP contribution in [-0.2, 0) is 0 Å². The summed E-state index contributed by atoms with van der Waals surface area (Å²) >= 11 is 0. The van der Waals surface area contributed by atoms with E-state index < -0.39 is 0 Å². The average Bonchev–Trinajstić information content (AvgIpc) is 3.07. The van der Waals surface area contributed by atoms with Gasteiger partial charge in [0.15, 0.2) is 0 Å². The van der Waals surface area contributed by atoms with Crippen LogP contribution in [0.3, 0.4) is 0 Å². The van der Waals surface area contributed by atoms with Crippen LogP contribution >= 0.6 is 12.4 Å². The first kappa shape index (κ1) is 20.3. The van der Waals surface area contributed by atoms with Gasteiger partial charge in [-0.05, 0) is 67.9 Å². The maximum absolute atomic E-state index is 10.7. The van der Waals surface area contributed by atoms with E-state index in [1.807, 2.05) is 48.0 Å². The standard InChI is InChI=1S/C23H23N5O.ClH/c1-14-8-17(13-28-10-15(2)24-23(14)28)16-4-5-19(22(29)9-16)21-7-6-20(25-26-21)18-11-27(3)12-18;/h4-10,13,18,29H,11-12H2,1-3H3;1H. The van der Waals surface area contributed by atoms with Crippen molar-refractivity contribution in [1.82, 2.24) is 24.5 Å². The molecule has 154 valence electrons. The van der Waals surface area contributed by atoms with Gasteiger partial charge < -0.3 is 14.4 Å². The van der Waals surface area contributed by atoms with Gasteiger partial charge in [-0.3, -0.25) is 0 Å². The van der Waals surface area contributed by atoms with Gasteiger partial charge in [0.05, 0.1) is 17.1 Å². The van der Waals surface area contributed by atoms with E-state index >= 15 is 0 Å². The Labute approximate surface area is 181 Å². The van der Waals surface area contributed by atoms with Crippen molar-refractivity contribution in [2.45, 2.75) is 19.8 Å². The minimum absolute atomic E-state index is 0. The number of hydrogen-bond acceptors (Lipinski definition) is 5.